The van der Waals surface area contributed by atoms with Crippen LogP contribution in [0.2, 0.25) is 0 Å². The molecule has 1 rings (SSSR count). The van der Waals surface area contributed by atoms with Crippen LogP contribution < -0.4 is 4.74 Å². The molecule has 0 N–H and O–H groups in total. The Morgan fingerprint density at radius 1 is 1.14 bits per heavy atom. The van der Waals surface area contributed by atoms with Crippen molar-refractivity contribution in [3.05, 3.63) is 35.4 Å². The molecule has 0 fully saturated rings. The zero-order valence-electron chi connectivity index (χ0n) is 15.1. The second kappa shape index (κ2) is 8.99. The molecule has 0 aliphatic rings. The Labute approximate surface area is 136 Å². The van der Waals surface area contributed by atoms with Gasteiger partial charge < -0.3 is 9.47 Å². The molecule has 0 bridgehead atoms. The average Bonchev–Trinajstić information content (AvgIpc) is 2.44. The third kappa shape index (κ3) is 6.65. The number of hydrogen-bond acceptors (Lipinski definition) is 2. The Balaban J connectivity index is 2.58. The van der Waals surface area contributed by atoms with Gasteiger partial charge in [0.1, 0.15) is 5.75 Å². The first kappa shape index (κ1) is 18.8. The number of unbranched alkanes of at least 4 members (excludes halogenated alkanes) is 2. The molecule has 1 aromatic carbocycles. The van der Waals surface area contributed by atoms with Gasteiger partial charge in [0, 0.05) is 12.2 Å². The first-order valence-corrected chi connectivity index (χ1v) is 8.31. The molecule has 0 aromatic heterocycles. The maximum atomic E-state index is 5.55. The smallest absolute Gasteiger partial charge is 0.126 e. The van der Waals surface area contributed by atoms with Gasteiger partial charge in [-0.2, -0.15) is 0 Å². The number of methoxy groups -OCH3 is 1. The third-order valence-corrected chi connectivity index (χ3v) is 3.61. The fourth-order valence-electron chi connectivity index (χ4n) is 2.22. The second-order valence-electron chi connectivity index (χ2n) is 7.02. The van der Waals surface area contributed by atoms with Crippen LogP contribution in [0.25, 0.3) is 6.08 Å². The van der Waals surface area contributed by atoms with Gasteiger partial charge in [0.15, 0.2) is 0 Å². The van der Waals surface area contributed by atoms with E-state index in [1.165, 1.54) is 5.56 Å². The molecule has 0 atom stereocenters. The van der Waals surface area contributed by atoms with Crippen molar-refractivity contribution >= 4 is 6.08 Å². The number of ether oxygens (including phenoxy) is 2. The molecule has 0 aliphatic carbocycles. The lowest BCUT2D eigenvalue weighted by atomic mass is 9.86. The molecule has 2 nitrogen and oxygen atoms in total. The van der Waals surface area contributed by atoms with Crippen molar-refractivity contribution in [1.29, 1.82) is 0 Å². The van der Waals surface area contributed by atoms with Crippen LogP contribution in [0.1, 0.15) is 65.0 Å². The van der Waals surface area contributed by atoms with E-state index in [1.54, 1.807) is 7.11 Å². The molecule has 0 saturated carbocycles. The average molecular weight is 304 g/mol. The Morgan fingerprint density at radius 2 is 1.86 bits per heavy atom. The standard InChI is InChI=1S/C20H32O2/c1-16(2)22-14-10-8-7-9-11-17-15-18(20(3,4)5)12-13-19(17)21-6/h9,11-13,15-16H,7-8,10,14H2,1-6H3/b11-9+. The molecule has 0 saturated heterocycles. The molecular formula is C20H32O2. The summed E-state index contributed by atoms with van der Waals surface area (Å²) in [6.45, 7) is 11.7. The zero-order chi connectivity index (χ0) is 16.6. The highest BCUT2D eigenvalue weighted by Gasteiger charge is 2.14. The zero-order valence-corrected chi connectivity index (χ0v) is 15.1. The van der Waals surface area contributed by atoms with E-state index >= 15 is 0 Å². The summed E-state index contributed by atoms with van der Waals surface area (Å²) in [5, 5.41) is 0. The van der Waals surface area contributed by atoms with E-state index in [1.807, 2.05) is 0 Å². The molecule has 0 unspecified atom stereocenters. The topological polar surface area (TPSA) is 18.5 Å². The number of hydrogen-bond donors (Lipinski definition) is 0. The van der Waals surface area contributed by atoms with E-state index in [-0.39, 0.29) is 5.41 Å². The van der Waals surface area contributed by atoms with Gasteiger partial charge >= 0.3 is 0 Å². The highest BCUT2D eigenvalue weighted by atomic mass is 16.5. The predicted octanol–water partition coefficient (Wildman–Crippen LogP) is 5.60. The summed E-state index contributed by atoms with van der Waals surface area (Å²) in [6, 6.07) is 6.45. The highest BCUT2D eigenvalue weighted by Crippen LogP contribution is 2.28. The van der Waals surface area contributed by atoms with Crippen molar-refractivity contribution in [2.45, 2.75) is 65.4 Å². The van der Waals surface area contributed by atoms with Gasteiger partial charge in [-0.25, -0.2) is 0 Å². The summed E-state index contributed by atoms with van der Waals surface area (Å²) in [6.07, 6.45) is 8.09. The van der Waals surface area contributed by atoms with Crippen LogP contribution >= 0.6 is 0 Å². The summed E-state index contributed by atoms with van der Waals surface area (Å²) in [5.74, 6) is 0.937. The minimum atomic E-state index is 0.156. The first-order chi connectivity index (χ1) is 10.3. The predicted molar refractivity (Wildman–Crippen MR) is 95.7 cm³/mol. The molecule has 0 heterocycles. The molecule has 22 heavy (non-hydrogen) atoms. The normalized spacial score (nSPS) is 12.3. The molecule has 2 heteroatoms. The largest absolute Gasteiger partial charge is 0.496 e. The van der Waals surface area contributed by atoms with Gasteiger partial charge in [0.25, 0.3) is 0 Å². The monoisotopic (exact) mass is 304 g/mol. The Kier molecular flexibility index (Phi) is 7.67. The van der Waals surface area contributed by atoms with Gasteiger partial charge in [-0.15, -0.1) is 0 Å². The second-order valence-corrected chi connectivity index (χ2v) is 7.02. The highest BCUT2D eigenvalue weighted by molar-refractivity contribution is 5.59. The van der Waals surface area contributed by atoms with E-state index < -0.39 is 0 Å². The van der Waals surface area contributed by atoms with Crippen LogP contribution in [-0.2, 0) is 10.2 Å². The Hall–Kier alpha value is -1.28. The lowest BCUT2D eigenvalue weighted by molar-refractivity contribution is 0.0762. The SMILES string of the molecule is COc1ccc(C(C)(C)C)cc1/C=C/CCCCOC(C)C. The van der Waals surface area contributed by atoms with Gasteiger partial charge in [-0.3, -0.25) is 0 Å². The van der Waals surface area contributed by atoms with Crippen molar-refractivity contribution in [1.82, 2.24) is 0 Å². The lowest BCUT2D eigenvalue weighted by Crippen LogP contribution is -2.11. The molecule has 0 radical (unpaired) electrons. The minimum Gasteiger partial charge on any atom is -0.496 e. The fraction of sp³-hybridized carbons (Fsp3) is 0.600. The summed E-state index contributed by atoms with van der Waals surface area (Å²) in [4.78, 5) is 0. The summed E-state index contributed by atoms with van der Waals surface area (Å²) < 4.78 is 11.0. The Morgan fingerprint density at radius 3 is 2.45 bits per heavy atom. The Bertz CT molecular complexity index is 467. The number of allylic oxidation sites excluding steroid dienone is 1. The summed E-state index contributed by atoms with van der Waals surface area (Å²) in [5.41, 5.74) is 2.65. The maximum absolute atomic E-state index is 5.55. The summed E-state index contributed by atoms with van der Waals surface area (Å²) >= 11 is 0. The van der Waals surface area contributed by atoms with Crippen molar-refractivity contribution in [2.24, 2.45) is 0 Å². The van der Waals surface area contributed by atoms with E-state index in [4.69, 9.17) is 9.47 Å². The van der Waals surface area contributed by atoms with Gasteiger partial charge in [-0.05, 0) is 56.2 Å². The van der Waals surface area contributed by atoms with Crippen LogP contribution in [0.3, 0.4) is 0 Å². The maximum Gasteiger partial charge on any atom is 0.126 e. The van der Waals surface area contributed by atoms with Crippen LogP contribution in [-0.4, -0.2) is 19.8 Å². The van der Waals surface area contributed by atoms with E-state index in [9.17, 15) is 0 Å². The van der Waals surface area contributed by atoms with Gasteiger partial charge in [0.2, 0.25) is 0 Å². The fourth-order valence-corrected chi connectivity index (χ4v) is 2.22. The van der Waals surface area contributed by atoms with Crippen molar-refractivity contribution in [3.63, 3.8) is 0 Å². The van der Waals surface area contributed by atoms with Gasteiger partial charge in [-0.1, -0.05) is 39.0 Å². The summed E-state index contributed by atoms with van der Waals surface area (Å²) in [7, 11) is 1.73. The number of benzene rings is 1. The quantitative estimate of drug-likeness (QED) is 0.582. The van der Waals surface area contributed by atoms with Crippen LogP contribution in [0.15, 0.2) is 24.3 Å². The minimum absolute atomic E-state index is 0.156. The van der Waals surface area contributed by atoms with Crippen molar-refractivity contribution in [2.75, 3.05) is 13.7 Å². The third-order valence-electron chi connectivity index (χ3n) is 3.61. The molecule has 1 aromatic rings. The van der Waals surface area contributed by atoms with Crippen molar-refractivity contribution in [3.8, 4) is 5.75 Å². The number of rotatable bonds is 8. The molecular weight excluding hydrogens is 272 g/mol. The van der Waals surface area contributed by atoms with Crippen LogP contribution in [0, 0.1) is 0 Å². The van der Waals surface area contributed by atoms with Crippen LogP contribution in [0.5, 0.6) is 5.75 Å². The van der Waals surface area contributed by atoms with Crippen LogP contribution in [0.4, 0.5) is 0 Å². The van der Waals surface area contributed by atoms with E-state index in [0.717, 1.165) is 37.2 Å². The lowest BCUT2D eigenvalue weighted by Gasteiger charge is -2.20. The first-order valence-electron chi connectivity index (χ1n) is 8.31. The van der Waals surface area contributed by atoms with Gasteiger partial charge in [0.05, 0.1) is 13.2 Å². The molecule has 0 amide bonds. The molecule has 0 aliphatic heterocycles. The molecule has 124 valence electrons. The van der Waals surface area contributed by atoms with E-state index in [0.29, 0.717) is 6.10 Å². The van der Waals surface area contributed by atoms with E-state index in [2.05, 4.69) is 65.0 Å². The van der Waals surface area contributed by atoms with Crippen molar-refractivity contribution < 1.29 is 9.47 Å². The molecule has 0 spiro atoms.